The Labute approximate surface area is 170 Å². The summed E-state index contributed by atoms with van der Waals surface area (Å²) in [5.74, 6) is -0.0973. The molecular weight excluding hydrogens is 383 g/mol. The number of allylic oxidation sites excluding steroid dienone is 1. The molecule has 0 unspecified atom stereocenters. The molecule has 2 aliphatic rings. The van der Waals surface area contributed by atoms with E-state index in [1.54, 1.807) is 0 Å². The fourth-order valence-electron chi connectivity index (χ4n) is 5.49. The average Bonchev–Trinajstić information content (AvgIpc) is 2.66. The van der Waals surface area contributed by atoms with Crippen molar-refractivity contribution in [2.24, 2.45) is 23.7 Å². The van der Waals surface area contributed by atoms with Crippen molar-refractivity contribution in [2.45, 2.75) is 76.8 Å². The number of hydrogen-bond donors (Lipinski definition) is 0. The number of rotatable bonds is 6. The predicted molar refractivity (Wildman–Crippen MR) is 105 cm³/mol. The van der Waals surface area contributed by atoms with Gasteiger partial charge >= 0.3 is 6.18 Å². The molecule has 0 nitrogen and oxygen atoms in total. The second-order valence-corrected chi connectivity index (χ2v) is 9.06. The van der Waals surface area contributed by atoms with Crippen molar-refractivity contribution < 1.29 is 22.0 Å². The molecule has 1 aromatic carbocycles. The summed E-state index contributed by atoms with van der Waals surface area (Å²) < 4.78 is 65.5. The van der Waals surface area contributed by atoms with Gasteiger partial charge in [-0.05, 0) is 99.2 Å². The van der Waals surface area contributed by atoms with Gasteiger partial charge in [0.15, 0.2) is 0 Å². The van der Waals surface area contributed by atoms with Crippen LogP contribution in [0.5, 0.6) is 0 Å². The molecule has 1 aromatic rings. The maximum absolute atomic E-state index is 13.7. The SMILES string of the molecule is C=CCC1CCC(C2CCC(CCc3cc(F)c(C(F)(F)F)c(F)c3)CC2)CC1. The molecule has 0 bridgehead atoms. The maximum Gasteiger partial charge on any atom is 0.422 e. The van der Waals surface area contributed by atoms with Crippen molar-refractivity contribution in [3.8, 4) is 0 Å². The van der Waals surface area contributed by atoms with Gasteiger partial charge in [0.1, 0.15) is 17.2 Å². The van der Waals surface area contributed by atoms with E-state index in [9.17, 15) is 22.0 Å². The van der Waals surface area contributed by atoms with Gasteiger partial charge in [-0.25, -0.2) is 8.78 Å². The summed E-state index contributed by atoms with van der Waals surface area (Å²) in [7, 11) is 0. The lowest BCUT2D eigenvalue weighted by molar-refractivity contribution is -0.142. The zero-order valence-electron chi connectivity index (χ0n) is 16.9. The number of alkyl halides is 3. The Kier molecular flexibility index (Phi) is 7.39. The summed E-state index contributed by atoms with van der Waals surface area (Å²) in [6.07, 6.45) is 9.25. The Morgan fingerprint density at radius 1 is 0.828 bits per heavy atom. The first-order chi connectivity index (χ1) is 13.8. The van der Waals surface area contributed by atoms with Crippen LogP contribution < -0.4 is 0 Å². The van der Waals surface area contributed by atoms with E-state index in [4.69, 9.17) is 0 Å². The lowest BCUT2D eigenvalue weighted by Gasteiger charge is -2.37. The molecule has 0 saturated heterocycles. The first-order valence-corrected chi connectivity index (χ1v) is 10.9. The van der Waals surface area contributed by atoms with E-state index in [1.165, 1.54) is 38.5 Å². The number of benzene rings is 1. The number of hydrogen-bond acceptors (Lipinski definition) is 0. The fraction of sp³-hybridized carbons (Fsp3) is 0.667. The number of halogens is 5. The van der Waals surface area contributed by atoms with Crippen LogP contribution in [0.3, 0.4) is 0 Å². The molecule has 162 valence electrons. The minimum atomic E-state index is -5.00. The van der Waals surface area contributed by atoms with Gasteiger partial charge in [0.05, 0.1) is 0 Å². The summed E-state index contributed by atoms with van der Waals surface area (Å²) in [6.45, 7) is 3.84. The van der Waals surface area contributed by atoms with Crippen LogP contribution in [-0.4, -0.2) is 0 Å². The van der Waals surface area contributed by atoms with Gasteiger partial charge in [-0.1, -0.05) is 18.9 Å². The molecule has 0 aromatic heterocycles. The quantitative estimate of drug-likeness (QED) is 0.326. The predicted octanol–water partition coefficient (Wildman–Crippen LogP) is 8.11. The highest BCUT2D eigenvalue weighted by Crippen LogP contribution is 2.43. The lowest BCUT2D eigenvalue weighted by atomic mass is 9.68. The topological polar surface area (TPSA) is 0 Å². The molecule has 0 aliphatic heterocycles. The zero-order valence-corrected chi connectivity index (χ0v) is 16.9. The molecule has 0 N–H and O–H groups in total. The molecule has 0 heterocycles. The van der Waals surface area contributed by atoms with E-state index in [-0.39, 0.29) is 0 Å². The van der Waals surface area contributed by atoms with Crippen LogP contribution in [0.25, 0.3) is 0 Å². The molecule has 0 atom stereocenters. The summed E-state index contributed by atoms with van der Waals surface area (Å²) >= 11 is 0. The monoisotopic (exact) mass is 414 g/mol. The molecule has 3 rings (SSSR count). The van der Waals surface area contributed by atoms with Crippen LogP contribution in [0, 0.1) is 35.3 Å². The molecule has 29 heavy (non-hydrogen) atoms. The average molecular weight is 415 g/mol. The Hall–Kier alpha value is -1.39. The van der Waals surface area contributed by atoms with Crippen LogP contribution in [0.1, 0.15) is 75.3 Å². The van der Waals surface area contributed by atoms with Gasteiger partial charge in [-0.15, -0.1) is 6.58 Å². The van der Waals surface area contributed by atoms with Crippen LogP contribution in [0.2, 0.25) is 0 Å². The minimum absolute atomic E-state index is 0.315. The second kappa shape index (κ2) is 9.61. The van der Waals surface area contributed by atoms with E-state index in [0.29, 0.717) is 17.9 Å². The summed E-state index contributed by atoms with van der Waals surface area (Å²) in [4.78, 5) is 0. The summed E-state index contributed by atoms with van der Waals surface area (Å²) in [6, 6.07) is 1.69. The summed E-state index contributed by atoms with van der Waals surface area (Å²) in [5, 5.41) is 0. The van der Waals surface area contributed by atoms with Crippen LogP contribution in [0.4, 0.5) is 22.0 Å². The lowest BCUT2D eigenvalue weighted by Crippen LogP contribution is -2.26. The van der Waals surface area contributed by atoms with Crippen LogP contribution in [0.15, 0.2) is 24.8 Å². The minimum Gasteiger partial charge on any atom is -0.206 e. The Morgan fingerprint density at radius 2 is 1.31 bits per heavy atom. The zero-order chi connectivity index (χ0) is 21.0. The van der Waals surface area contributed by atoms with Crippen molar-refractivity contribution in [2.75, 3.05) is 0 Å². The smallest absolute Gasteiger partial charge is 0.206 e. The van der Waals surface area contributed by atoms with Gasteiger partial charge < -0.3 is 0 Å². The fourth-order valence-corrected chi connectivity index (χ4v) is 5.49. The maximum atomic E-state index is 13.7. The highest BCUT2D eigenvalue weighted by Gasteiger charge is 2.38. The third-order valence-corrected chi connectivity index (χ3v) is 7.18. The molecular formula is C24H31F5. The summed E-state index contributed by atoms with van der Waals surface area (Å²) in [5.41, 5.74) is -1.47. The molecule has 0 amide bonds. The van der Waals surface area contributed by atoms with E-state index < -0.39 is 23.4 Å². The number of aryl methyl sites for hydroxylation is 1. The molecule has 2 saturated carbocycles. The van der Waals surface area contributed by atoms with Gasteiger partial charge in [0.2, 0.25) is 0 Å². The molecule has 0 spiro atoms. The van der Waals surface area contributed by atoms with Crippen molar-refractivity contribution in [1.82, 2.24) is 0 Å². The first-order valence-electron chi connectivity index (χ1n) is 10.9. The molecule has 0 radical (unpaired) electrons. The highest BCUT2D eigenvalue weighted by atomic mass is 19.4. The van der Waals surface area contributed by atoms with Crippen molar-refractivity contribution in [3.05, 3.63) is 47.5 Å². The van der Waals surface area contributed by atoms with Crippen molar-refractivity contribution >= 4 is 0 Å². The highest BCUT2D eigenvalue weighted by molar-refractivity contribution is 5.28. The van der Waals surface area contributed by atoms with Crippen LogP contribution in [-0.2, 0) is 12.6 Å². The van der Waals surface area contributed by atoms with E-state index in [0.717, 1.165) is 55.6 Å². The molecule has 5 heteroatoms. The Bertz CT molecular complexity index is 654. The first kappa shape index (κ1) is 22.3. The molecule has 2 aliphatic carbocycles. The van der Waals surface area contributed by atoms with Gasteiger partial charge in [-0.3, -0.25) is 0 Å². The standard InChI is InChI=1S/C24H31F5/c1-2-3-16-6-10-19(11-7-16)20-12-8-17(9-13-20)4-5-18-14-21(25)23(22(26)15-18)24(27,28)29/h2,14-17,19-20H,1,3-13H2. The van der Waals surface area contributed by atoms with Gasteiger partial charge in [0, 0.05) is 0 Å². The normalized spacial score (nSPS) is 28.3. The van der Waals surface area contributed by atoms with E-state index in [2.05, 4.69) is 6.58 Å². The Balaban J connectivity index is 1.45. The van der Waals surface area contributed by atoms with Crippen molar-refractivity contribution in [3.63, 3.8) is 0 Å². The van der Waals surface area contributed by atoms with Gasteiger partial charge in [0.25, 0.3) is 0 Å². The van der Waals surface area contributed by atoms with Crippen LogP contribution >= 0.6 is 0 Å². The van der Waals surface area contributed by atoms with E-state index in [1.807, 2.05) is 6.08 Å². The largest absolute Gasteiger partial charge is 0.422 e. The Morgan fingerprint density at radius 3 is 1.76 bits per heavy atom. The van der Waals surface area contributed by atoms with Gasteiger partial charge in [-0.2, -0.15) is 13.2 Å². The second-order valence-electron chi connectivity index (χ2n) is 9.06. The van der Waals surface area contributed by atoms with Crippen molar-refractivity contribution in [1.29, 1.82) is 0 Å². The van der Waals surface area contributed by atoms with E-state index >= 15 is 0 Å². The third-order valence-electron chi connectivity index (χ3n) is 7.18. The third kappa shape index (κ3) is 5.82. The molecule has 2 fully saturated rings.